The Hall–Kier alpha value is -0.810. The molecule has 0 saturated carbocycles. The van der Waals surface area contributed by atoms with Crippen LogP contribution in [0.4, 0.5) is 0 Å². The summed E-state index contributed by atoms with van der Waals surface area (Å²) >= 11 is 0. The van der Waals surface area contributed by atoms with Crippen LogP contribution < -0.4 is 0 Å². The van der Waals surface area contributed by atoms with Crippen LogP contribution in [0.2, 0.25) is 0 Å². The minimum atomic E-state index is -0.868. The zero-order valence-electron chi connectivity index (χ0n) is 9.80. The minimum absolute atomic E-state index is 0.153. The normalized spacial score (nSPS) is 40.5. The van der Waals surface area contributed by atoms with E-state index in [1.807, 2.05) is 6.92 Å². The van der Waals surface area contributed by atoms with E-state index in [0.717, 1.165) is 18.4 Å². The number of rotatable bonds is 1. The maximum absolute atomic E-state index is 11.9. The summed E-state index contributed by atoms with van der Waals surface area (Å²) < 4.78 is 11.9. The molecule has 2 aliphatic heterocycles. The van der Waals surface area contributed by atoms with Crippen LogP contribution in [0, 0.1) is 6.92 Å². The van der Waals surface area contributed by atoms with Crippen LogP contribution in [0.3, 0.4) is 0 Å². The summed E-state index contributed by atoms with van der Waals surface area (Å²) in [6.45, 7) is 1.83. The molecule has 3 rings (SSSR count). The Balaban J connectivity index is 1.92. The molecule has 1 aromatic heterocycles. The zero-order valence-corrected chi connectivity index (χ0v) is 10.6. The van der Waals surface area contributed by atoms with Crippen molar-refractivity contribution < 1.29 is 9.32 Å². The number of nitrogens with zero attached hydrogens (tertiary/aromatic N) is 2. The second-order valence-electron chi connectivity index (χ2n) is 5.11. The highest BCUT2D eigenvalue weighted by atomic mass is 32.2. The van der Waals surface area contributed by atoms with E-state index in [2.05, 4.69) is 9.97 Å². The molecular weight excluding hydrogens is 236 g/mol. The molecule has 0 amide bonds. The summed E-state index contributed by atoms with van der Waals surface area (Å²) in [6, 6.07) is 0. The lowest BCUT2D eigenvalue weighted by molar-refractivity contribution is 0.0177. The van der Waals surface area contributed by atoms with Crippen LogP contribution in [-0.2, 0) is 16.4 Å². The third-order valence-corrected chi connectivity index (χ3v) is 6.04. The van der Waals surface area contributed by atoms with Gasteiger partial charge in [0.2, 0.25) is 0 Å². The van der Waals surface area contributed by atoms with Gasteiger partial charge in [0.25, 0.3) is 0 Å². The van der Waals surface area contributed by atoms with Gasteiger partial charge in [-0.1, -0.05) is 0 Å². The lowest BCUT2D eigenvalue weighted by Crippen LogP contribution is -2.40. The van der Waals surface area contributed by atoms with Crippen molar-refractivity contribution in [3.63, 3.8) is 0 Å². The molecule has 0 radical (unpaired) electrons. The number of aryl methyl sites for hydroxylation is 1. The van der Waals surface area contributed by atoms with E-state index in [1.165, 1.54) is 0 Å². The smallest absolute Gasteiger partial charge is 0.125 e. The molecule has 2 atom stereocenters. The molecule has 2 fully saturated rings. The van der Waals surface area contributed by atoms with E-state index in [1.54, 1.807) is 12.4 Å². The van der Waals surface area contributed by atoms with E-state index in [9.17, 15) is 9.32 Å². The molecule has 0 aromatic carbocycles. The molecule has 1 N–H and O–H groups in total. The highest BCUT2D eigenvalue weighted by Crippen LogP contribution is 2.45. The van der Waals surface area contributed by atoms with Crippen molar-refractivity contribution in [3.8, 4) is 0 Å². The summed E-state index contributed by atoms with van der Waals surface area (Å²) in [5, 5.41) is 11.0. The van der Waals surface area contributed by atoms with Crippen molar-refractivity contribution in [2.75, 3.05) is 0 Å². The van der Waals surface area contributed by atoms with Gasteiger partial charge < -0.3 is 5.11 Å². The first-order chi connectivity index (χ1) is 8.08. The molecule has 0 aliphatic carbocycles. The second-order valence-corrected chi connectivity index (χ2v) is 7.10. The highest BCUT2D eigenvalue weighted by Gasteiger charge is 2.48. The van der Waals surface area contributed by atoms with Gasteiger partial charge in [0.05, 0.1) is 5.60 Å². The molecule has 5 heteroatoms. The van der Waals surface area contributed by atoms with Crippen LogP contribution in [0.25, 0.3) is 0 Å². The number of aromatic nitrogens is 2. The van der Waals surface area contributed by atoms with Gasteiger partial charge in [0.15, 0.2) is 0 Å². The van der Waals surface area contributed by atoms with Crippen molar-refractivity contribution in [1.82, 2.24) is 9.97 Å². The van der Waals surface area contributed by atoms with Crippen LogP contribution in [0.1, 0.15) is 37.1 Å². The van der Waals surface area contributed by atoms with Crippen molar-refractivity contribution in [2.45, 2.75) is 48.7 Å². The van der Waals surface area contributed by atoms with Gasteiger partial charge in [-0.25, -0.2) is 9.97 Å². The van der Waals surface area contributed by atoms with Gasteiger partial charge in [-0.2, -0.15) is 0 Å². The maximum Gasteiger partial charge on any atom is 0.125 e. The monoisotopic (exact) mass is 252 g/mol. The maximum atomic E-state index is 11.9. The summed E-state index contributed by atoms with van der Waals surface area (Å²) in [5.41, 5.74) is -0.0929. The predicted octanol–water partition coefficient (Wildman–Crippen LogP) is 1.05. The molecule has 1 aromatic rings. The van der Waals surface area contributed by atoms with Gasteiger partial charge in [-0.3, -0.25) is 4.21 Å². The predicted molar refractivity (Wildman–Crippen MR) is 64.9 cm³/mol. The number of aliphatic hydroxyl groups is 1. The van der Waals surface area contributed by atoms with Gasteiger partial charge in [0, 0.05) is 39.3 Å². The molecular formula is C12H16N2O2S. The molecule has 17 heavy (non-hydrogen) atoms. The average Bonchev–Trinajstić information content (AvgIpc) is 2.53. The first kappa shape index (κ1) is 11.3. The summed E-state index contributed by atoms with van der Waals surface area (Å²) in [6.07, 6.45) is 6.54. The summed E-state index contributed by atoms with van der Waals surface area (Å²) in [7, 11) is -0.744. The second kappa shape index (κ2) is 3.85. The van der Waals surface area contributed by atoms with Gasteiger partial charge in [-0.05, 0) is 32.6 Å². The molecule has 2 unspecified atom stereocenters. The number of hydrogen-bond acceptors (Lipinski definition) is 4. The molecule has 2 bridgehead atoms. The van der Waals surface area contributed by atoms with Crippen LogP contribution in [0.15, 0.2) is 12.4 Å². The fraction of sp³-hybridized carbons (Fsp3) is 0.667. The molecule has 0 spiro atoms. The van der Waals surface area contributed by atoms with E-state index in [4.69, 9.17) is 0 Å². The zero-order chi connectivity index (χ0) is 12.0. The van der Waals surface area contributed by atoms with Crippen molar-refractivity contribution in [3.05, 3.63) is 23.8 Å². The molecule has 2 saturated heterocycles. The fourth-order valence-electron chi connectivity index (χ4n) is 2.95. The first-order valence-electron chi connectivity index (χ1n) is 5.99. The van der Waals surface area contributed by atoms with Crippen molar-refractivity contribution in [2.24, 2.45) is 0 Å². The Morgan fingerprint density at radius 2 is 1.82 bits per heavy atom. The van der Waals surface area contributed by atoms with Crippen molar-refractivity contribution >= 4 is 10.8 Å². The Morgan fingerprint density at radius 1 is 1.29 bits per heavy atom. The van der Waals surface area contributed by atoms with Crippen LogP contribution in [0.5, 0.6) is 0 Å². The Labute approximate surface area is 103 Å². The topological polar surface area (TPSA) is 63.1 Å². The Morgan fingerprint density at radius 3 is 2.35 bits per heavy atom. The van der Waals surface area contributed by atoms with Crippen molar-refractivity contribution in [1.29, 1.82) is 0 Å². The Bertz CT molecular complexity index is 444. The quantitative estimate of drug-likeness (QED) is 0.811. The number of fused-ring (bicyclic) bond motifs is 2. The molecule has 92 valence electrons. The Kier molecular flexibility index (Phi) is 2.56. The molecule has 3 heterocycles. The molecule has 2 aliphatic rings. The summed E-state index contributed by atoms with van der Waals surface area (Å²) in [5.74, 6) is 0.708. The number of hydrogen-bond donors (Lipinski definition) is 1. The highest BCUT2D eigenvalue weighted by molar-refractivity contribution is 7.86. The third-order valence-electron chi connectivity index (χ3n) is 3.92. The summed E-state index contributed by atoms with van der Waals surface area (Å²) in [4.78, 5) is 8.28. The lowest BCUT2D eigenvalue weighted by atomic mass is 9.88. The van der Waals surface area contributed by atoms with Crippen LogP contribution in [-0.4, -0.2) is 29.8 Å². The minimum Gasteiger partial charge on any atom is -0.385 e. The SMILES string of the molecule is Cc1ncc(C2(O)CC3CCC(C2)S3=O)cn1. The van der Waals surface area contributed by atoms with E-state index < -0.39 is 16.4 Å². The molecule has 4 nitrogen and oxygen atoms in total. The fourth-order valence-corrected chi connectivity index (χ4v) is 5.11. The first-order valence-corrected chi connectivity index (χ1v) is 7.27. The lowest BCUT2D eigenvalue weighted by Gasteiger charge is -2.35. The van der Waals surface area contributed by atoms with Gasteiger partial charge >= 0.3 is 0 Å². The van der Waals surface area contributed by atoms with E-state index in [0.29, 0.717) is 18.7 Å². The van der Waals surface area contributed by atoms with Crippen LogP contribution >= 0.6 is 0 Å². The average molecular weight is 252 g/mol. The van der Waals surface area contributed by atoms with E-state index in [-0.39, 0.29) is 10.5 Å². The van der Waals surface area contributed by atoms with Gasteiger partial charge in [-0.15, -0.1) is 0 Å². The van der Waals surface area contributed by atoms with Gasteiger partial charge in [0.1, 0.15) is 5.82 Å². The standard InChI is InChI=1S/C12H16N2O2S/c1-8-13-6-9(7-14-8)12(15)4-10-2-3-11(5-12)17(10)16/h6-7,10-11,15H,2-5H2,1H3. The largest absolute Gasteiger partial charge is 0.385 e. The third kappa shape index (κ3) is 1.81. The van der Waals surface area contributed by atoms with E-state index >= 15 is 0 Å².